The molecule has 0 spiro atoms. The van der Waals surface area contributed by atoms with Crippen LogP contribution in [0.5, 0.6) is 0 Å². The number of pyridine rings is 3. The molecule has 0 amide bonds. The van der Waals surface area contributed by atoms with Crippen molar-refractivity contribution in [3.63, 3.8) is 0 Å². The van der Waals surface area contributed by atoms with Crippen molar-refractivity contribution in [1.82, 2.24) is 40.4 Å². The summed E-state index contributed by atoms with van der Waals surface area (Å²) in [5, 5.41) is 11.8. The molecule has 6 aromatic rings. The molecule has 3 N–H and O–H groups in total. The second kappa shape index (κ2) is 9.99. The van der Waals surface area contributed by atoms with Gasteiger partial charge in [-0.2, -0.15) is 5.10 Å². The Hall–Kier alpha value is -4.50. The molecule has 9 heteroatoms. The van der Waals surface area contributed by atoms with Crippen LogP contribution >= 0.6 is 0 Å². The van der Waals surface area contributed by atoms with Crippen LogP contribution in [0.15, 0.2) is 67.4 Å². The number of benzene rings is 1. The molecule has 0 aliphatic heterocycles. The summed E-state index contributed by atoms with van der Waals surface area (Å²) in [6, 6.07) is 11.0. The molecule has 0 unspecified atom stereocenters. The van der Waals surface area contributed by atoms with E-state index in [-0.39, 0.29) is 5.82 Å². The van der Waals surface area contributed by atoms with Crippen molar-refractivity contribution in [2.45, 2.75) is 32.2 Å². The molecule has 8 nitrogen and oxygen atoms in total. The lowest BCUT2D eigenvalue weighted by Crippen LogP contribution is -2.20. The van der Waals surface area contributed by atoms with Crippen LogP contribution in [-0.2, 0) is 6.54 Å². The van der Waals surface area contributed by atoms with Crippen molar-refractivity contribution >= 4 is 21.9 Å². The van der Waals surface area contributed by atoms with Gasteiger partial charge in [0.1, 0.15) is 17.0 Å². The minimum atomic E-state index is -0.330. The fourth-order valence-electron chi connectivity index (χ4n) is 5.57. The Labute approximate surface area is 224 Å². The molecule has 0 radical (unpaired) electrons. The van der Waals surface area contributed by atoms with Crippen LogP contribution in [0.3, 0.4) is 0 Å². The van der Waals surface area contributed by atoms with E-state index in [9.17, 15) is 0 Å². The first-order valence-electron chi connectivity index (χ1n) is 13.3. The van der Waals surface area contributed by atoms with E-state index in [4.69, 9.17) is 4.98 Å². The van der Waals surface area contributed by atoms with E-state index in [2.05, 4.69) is 35.5 Å². The second-order valence-corrected chi connectivity index (χ2v) is 10.2. The molecule has 0 atom stereocenters. The summed E-state index contributed by atoms with van der Waals surface area (Å²) in [4.78, 5) is 21.4. The molecule has 1 aliphatic carbocycles. The third kappa shape index (κ3) is 4.55. The predicted octanol–water partition coefficient (Wildman–Crippen LogP) is 6.04. The topological polar surface area (TPSA) is 108 Å². The third-order valence-electron chi connectivity index (χ3n) is 7.55. The third-order valence-corrected chi connectivity index (χ3v) is 7.55. The molecule has 1 saturated carbocycles. The highest BCUT2D eigenvalue weighted by Crippen LogP contribution is 2.34. The number of aromatic amines is 2. The number of hydrogen-bond acceptors (Lipinski definition) is 6. The molecule has 39 heavy (non-hydrogen) atoms. The number of rotatable bonds is 7. The van der Waals surface area contributed by atoms with Gasteiger partial charge in [-0.05, 0) is 61.2 Å². The van der Waals surface area contributed by atoms with E-state index in [1.54, 1.807) is 24.8 Å². The Morgan fingerprint density at radius 3 is 2.69 bits per heavy atom. The zero-order chi connectivity index (χ0) is 26.2. The number of fused-ring (bicyclic) bond motifs is 2. The lowest BCUT2D eigenvalue weighted by molar-refractivity contribution is 0.489. The normalized spacial score (nSPS) is 14.1. The average molecular weight is 519 g/mol. The Morgan fingerprint density at radius 2 is 1.82 bits per heavy atom. The molecule has 0 saturated heterocycles. The van der Waals surface area contributed by atoms with Crippen molar-refractivity contribution < 1.29 is 4.39 Å². The van der Waals surface area contributed by atoms with Crippen LogP contribution < -0.4 is 5.32 Å². The standard InChI is InChI=1S/C30H27FN8/c31-24-12-26-23(11-22(24)21-10-19(15-34-17-21)14-33-13-18-4-1-2-5-18)28(39-38-26)30-36-25-7-9-35-27(29(25)37-30)20-6-3-8-32-16-20/h3,6-12,15-18,33H,1-2,4-5,13-14H2,(H,36,37)(H,38,39). The van der Waals surface area contributed by atoms with Gasteiger partial charge in [0.15, 0.2) is 5.82 Å². The highest BCUT2D eigenvalue weighted by molar-refractivity contribution is 5.97. The highest BCUT2D eigenvalue weighted by atomic mass is 19.1. The SMILES string of the molecule is Fc1cc2[nH]nc(-c3nc4c(-c5cccnc5)nccc4[nH]3)c2cc1-c1cncc(CNCC2CCCC2)c1. The van der Waals surface area contributed by atoms with Crippen LogP contribution in [0, 0.1) is 11.7 Å². The van der Waals surface area contributed by atoms with Crippen molar-refractivity contribution in [2.75, 3.05) is 6.54 Å². The van der Waals surface area contributed by atoms with Gasteiger partial charge in [-0.1, -0.05) is 12.8 Å². The number of nitrogens with one attached hydrogen (secondary N) is 3. The zero-order valence-electron chi connectivity index (χ0n) is 21.3. The van der Waals surface area contributed by atoms with Gasteiger partial charge in [-0.15, -0.1) is 0 Å². The van der Waals surface area contributed by atoms with Gasteiger partial charge < -0.3 is 10.3 Å². The summed E-state index contributed by atoms with van der Waals surface area (Å²) in [6.07, 6.45) is 14.0. The Balaban J connectivity index is 1.23. The van der Waals surface area contributed by atoms with Gasteiger partial charge in [0.2, 0.25) is 0 Å². The zero-order valence-corrected chi connectivity index (χ0v) is 21.3. The summed E-state index contributed by atoms with van der Waals surface area (Å²) >= 11 is 0. The van der Waals surface area contributed by atoms with Gasteiger partial charge >= 0.3 is 0 Å². The molecular weight excluding hydrogens is 491 g/mol. The average Bonchev–Trinajstić information content (AvgIpc) is 3.73. The van der Waals surface area contributed by atoms with Crippen LogP contribution in [-0.4, -0.2) is 41.7 Å². The van der Waals surface area contributed by atoms with Gasteiger partial charge in [0, 0.05) is 65.7 Å². The van der Waals surface area contributed by atoms with Crippen LogP contribution in [0.1, 0.15) is 31.2 Å². The number of aromatic nitrogens is 7. The fraction of sp³-hybridized carbons (Fsp3) is 0.233. The molecule has 1 aliphatic rings. The van der Waals surface area contributed by atoms with Crippen LogP contribution in [0.25, 0.3) is 55.8 Å². The number of H-pyrrole nitrogens is 2. The molecule has 194 valence electrons. The van der Waals surface area contributed by atoms with E-state index in [1.807, 2.05) is 36.5 Å². The maximum Gasteiger partial charge on any atom is 0.159 e. The first kappa shape index (κ1) is 23.6. The summed E-state index contributed by atoms with van der Waals surface area (Å²) in [5.41, 5.74) is 6.62. The maximum atomic E-state index is 15.3. The monoisotopic (exact) mass is 518 g/mol. The summed E-state index contributed by atoms with van der Waals surface area (Å²) in [5.74, 6) is 1.01. The summed E-state index contributed by atoms with van der Waals surface area (Å²) < 4.78 is 15.3. The van der Waals surface area contributed by atoms with Crippen molar-refractivity contribution in [3.05, 3.63) is 78.8 Å². The molecule has 1 fully saturated rings. The molecule has 1 aromatic carbocycles. The minimum absolute atomic E-state index is 0.330. The Morgan fingerprint density at radius 1 is 0.923 bits per heavy atom. The first-order valence-corrected chi connectivity index (χ1v) is 13.3. The smallest absolute Gasteiger partial charge is 0.159 e. The van der Waals surface area contributed by atoms with Gasteiger partial charge in [-0.25, -0.2) is 9.37 Å². The largest absolute Gasteiger partial charge is 0.336 e. The number of hydrogen-bond donors (Lipinski definition) is 3. The molecule has 5 heterocycles. The molecule has 7 rings (SSSR count). The highest BCUT2D eigenvalue weighted by Gasteiger charge is 2.19. The number of nitrogens with zero attached hydrogens (tertiary/aromatic N) is 5. The second-order valence-electron chi connectivity index (χ2n) is 10.2. The first-order chi connectivity index (χ1) is 19.2. The van der Waals surface area contributed by atoms with Crippen LogP contribution in [0.4, 0.5) is 4.39 Å². The quantitative estimate of drug-likeness (QED) is 0.238. The van der Waals surface area contributed by atoms with Crippen molar-refractivity contribution in [1.29, 1.82) is 0 Å². The molecule has 0 bridgehead atoms. The van der Waals surface area contributed by atoms with E-state index >= 15 is 4.39 Å². The Bertz CT molecular complexity index is 1770. The van der Waals surface area contributed by atoms with E-state index < -0.39 is 0 Å². The Kier molecular flexibility index (Phi) is 6.05. The fourth-order valence-corrected chi connectivity index (χ4v) is 5.57. The molecule has 5 aromatic heterocycles. The van der Waals surface area contributed by atoms with E-state index in [1.165, 1.54) is 31.7 Å². The maximum absolute atomic E-state index is 15.3. The summed E-state index contributed by atoms with van der Waals surface area (Å²) in [7, 11) is 0. The van der Waals surface area contributed by atoms with Gasteiger partial charge in [0.25, 0.3) is 0 Å². The lowest BCUT2D eigenvalue weighted by Gasteiger charge is -2.11. The summed E-state index contributed by atoms with van der Waals surface area (Å²) in [6.45, 7) is 1.73. The van der Waals surface area contributed by atoms with E-state index in [0.29, 0.717) is 29.1 Å². The minimum Gasteiger partial charge on any atom is -0.336 e. The van der Waals surface area contributed by atoms with Crippen molar-refractivity contribution in [3.8, 4) is 33.9 Å². The molecular formula is C30H27FN8. The number of imidazole rings is 1. The predicted molar refractivity (Wildman–Crippen MR) is 149 cm³/mol. The van der Waals surface area contributed by atoms with Crippen LogP contribution in [0.2, 0.25) is 0 Å². The lowest BCUT2D eigenvalue weighted by atomic mass is 10.0. The van der Waals surface area contributed by atoms with E-state index in [0.717, 1.165) is 51.3 Å². The van der Waals surface area contributed by atoms with Gasteiger partial charge in [-0.3, -0.25) is 20.1 Å². The van der Waals surface area contributed by atoms with Gasteiger partial charge in [0.05, 0.1) is 16.7 Å². The number of halogens is 1. The van der Waals surface area contributed by atoms with Crippen molar-refractivity contribution in [2.24, 2.45) is 5.92 Å².